The van der Waals surface area contributed by atoms with Crippen LogP contribution in [0.2, 0.25) is 0 Å². The first-order chi connectivity index (χ1) is 6.59. The third-order valence-electron chi connectivity index (χ3n) is 3.04. The third-order valence-corrected chi connectivity index (χ3v) is 3.04. The van der Waals surface area contributed by atoms with Crippen LogP contribution in [0.15, 0.2) is 12.3 Å². The number of hydrogen-bond donors (Lipinski definition) is 2. The molecular formula is C11H17N3. The van der Waals surface area contributed by atoms with Crippen molar-refractivity contribution in [1.82, 2.24) is 4.98 Å². The molecule has 1 aliphatic rings. The van der Waals surface area contributed by atoms with E-state index < -0.39 is 0 Å². The van der Waals surface area contributed by atoms with Crippen molar-refractivity contribution in [3.05, 3.63) is 17.8 Å². The van der Waals surface area contributed by atoms with Crippen LogP contribution < -0.4 is 11.1 Å². The van der Waals surface area contributed by atoms with Gasteiger partial charge in [0.1, 0.15) is 5.82 Å². The van der Waals surface area contributed by atoms with Gasteiger partial charge in [-0.2, -0.15) is 0 Å². The Morgan fingerprint density at radius 2 is 2.21 bits per heavy atom. The van der Waals surface area contributed by atoms with E-state index in [1.807, 2.05) is 13.0 Å². The number of nitrogens with one attached hydrogen (secondary N) is 1. The van der Waals surface area contributed by atoms with Gasteiger partial charge in [0.25, 0.3) is 0 Å². The van der Waals surface area contributed by atoms with Crippen molar-refractivity contribution in [2.45, 2.75) is 38.6 Å². The summed E-state index contributed by atoms with van der Waals surface area (Å²) in [5.74, 6) is 0.943. The molecule has 1 aliphatic carbocycles. The van der Waals surface area contributed by atoms with Crippen molar-refractivity contribution >= 4 is 11.5 Å². The molecular weight excluding hydrogens is 174 g/mol. The van der Waals surface area contributed by atoms with E-state index in [4.69, 9.17) is 5.73 Å². The topological polar surface area (TPSA) is 50.9 Å². The Hall–Kier alpha value is -1.25. The van der Waals surface area contributed by atoms with Gasteiger partial charge in [0, 0.05) is 5.54 Å². The predicted molar refractivity (Wildman–Crippen MR) is 59.3 cm³/mol. The number of hydrogen-bond acceptors (Lipinski definition) is 3. The number of pyridine rings is 1. The van der Waals surface area contributed by atoms with Crippen LogP contribution >= 0.6 is 0 Å². The average molecular weight is 191 g/mol. The molecule has 76 valence electrons. The van der Waals surface area contributed by atoms with Crippen molar-refractivity contribution in [2.24, 2.45) is 0 Å². The van der Waals surface area contributed by atoms with Gasteiger partial charge in [-0.3, -0.25) is 0 Å². The molecule has 1 aromatic rings. The summed E-state index contributed by atoms with van der Waals surface area (Å²) in [5.41, 5.74) is 7.82. The number of aromatic nitrogens is 1. The summed E-state index contributed by atoms with van der Waals surface area (Å²) in [6.07, 6.45) is 5.51. The lowest BCUT2D eigenvalue weighted by atomic mass is 9.78. The number of rotatable bonds is 2. The van der Waals surface area contributed by atoms with Gasteiger partial charge in [-0.1, -0.05) is 0 Å². The second-order valence-corrected chi connectivity index (χ2v) is 4.47. The molecule has 1 fully saturated rings. The molecule has 0 unspecified atom stereocenters. The van der Waals surface area contributed by atoms with E-state index >= 15 is 0 Å². The van der Waals surface area contributed by atoms with Crippen LogP contribution in [0.5, 0.6) is 0 Å². The fourth-order valence-electron chi connectivity index (χ4n) is 1.78. The van der Waals surface area contributed by atoms with Crippen LogP contribution in [0.4, 0.5) is 11.5 Å². The normalized spacial score (nSPS) is 18.7. The predicted octanol–water partition coefficient (Wildman–Crippen LogP) is 2.33. The van der Waals surface area contributed by atoms with Crippen molar-refractivity contribution < 1.29 is 0 Å². The lowest BCUT2D eigenvalue weighted by Gasteiger charge is -2.39. The Morgan fingerprint density at radius 1 is 1.50 bits per heavy atom. The summed E-state index contributed by atoms with van der Waals surface area (Å²) in [4.78, 5) is 4.27. The zero-order chi connectivity index (χ0) is 10.2. The second-order valence-electron chi connectivity index (χ2n) is 4.47. The molecule has 1 aromatic heterocycles. The van der Waals surface area contributed by atoms with Gasteiger partial charge in [-0.05, 0) is 44.7 Å². The van der Waals surface area contributed by atoms with Crippen LogP contribution in [0.25, 0.3) is 0 Å². The minimum atomic E-state index is 0.259. The van der Waals surface area contributed by atoms with Crippen molar-refractivity contribution in [3.63, 3.8) is 0 Å². The van der Waals surface area contributed by atoms with Crippen LogP contribution in [-0.4, -0.2) is 10.5 Å². The van der Waals surface area contributed by atoms with Crippen LogP contribution in [0.3, 0.4) is 0 Å². The van der Waals surface area contributed by atoms with Crippen molar-refractivity contribution in [3.8, 4) is 0 Å². The number of nitrogens with two attached hydrogens (primary N) is 1. The Bertz CT molecular complexity index is 342. The van der Waals surface area contributed by atoms with Crippen molar-refractivity contribution in [2.75, 3.05) is 11.1 Å². The van der Waals surface area contributed by atoms with Gasteiger partial charge in [-0.25, -0.2) is 4.98 Å². The highest BCUT2D eigenvalue weighted by molar-refractivity contribution is 5.51. The maximum atomic E-state index is 5.71. The second kappa shape index (κ2) is 3.15. The molecule has 3 heteroatoms. The van der Waals surface area contributed by atoms with Gasteiger partial charge >= 0.3 is 0 Å². The van der Waals surface area contributed by atoms with E-state index in [9.17, 15) is 0 Å². The van der Waals surface area contributed by atoms with Gasteiger partial charge < -0.3 is 11.1 Å². The van der Waals surface area contributed by atoms with E-state index in [0.29, 0.717) is 0 Å². The van der Waals surface area contributed by atoms with Crippen LogP contribution in [-0.2, 0) is 0 Å². The average Bonchev–Trinajstić information content (AvgIpc) is 2.09. The molecule has 2 rings (SSSR count). The lowest BCUT2D eigenvalue weighted by Crippen LogP contribution is -2.41. The quantitative estimate of drug-likeness (QED) is 0.754. The summed E-state index contributed by atoms with van der Waals surface area (Å²) in [5, 5.41) is 3.46. The van der Waals surface area contributed by atoms with Gasteiger partial charge in [0.15, 0.2) is 0 Å². The third kappa shape index (κ3) is 1.67. The molecule has 0 spiro atoms. The number of nitrogen functional groups attached to an aromatic ring is 1. The first-order valence-corrected chi connectivity index (χ1v) is 5.09. The van der Waals surface area contributed by atoms with E-state index in [2.05, 4.69) is 17.2 Å². The van der Waals surface area contributed by atoms with Gasteiger partial charge in [-0.15, -0.1) is 0 Å². The first-order valence-electron chi connectivity index (χ1n) is 5.09. The standard InChI is InChI=1S/C11H17N3/c1-8-6-10(13-7-9(8)12)14-11(2)4-3-5-11/h6-7H,3-5,12H2,1-2H3,(H,13,14). The van der Waals surface area contributed by atoms with Crippen molar-refractivity contribution in [1.29, 1.82) is 0 Å². The molecule has 1 heterocycles. The zero-order valence-corrected chi connectivity index (χ0v) is 8.80. The fraction of sp³-hybridized carbons (Fsp3) is 0.545. The molecule has 3 N–H and O–H groups in total. The maximum absolute atomic E-state index is 5.71. The number of nitrogens with zero attached hydrogens (tertiary/aromatic N) is 1. The molecule has 0 radical (unpaired) electrons. The highest BCUT2D eigenvalue weighted by Crippen LogP contribution is 2.34. The summed E-state index contributed by atoms with van der Waals surface area (Å²) < 4.78 is 0. The molecule has 0 aliphatic heterocycles. The molecule has 0 amide bonds. The minimum Gasteiger partial charge on any atom is -0.397 e. The molecule has 3 nitrogen and oxygen atoms in total. The summed E-state index contributed by atoms with van der Waals surface area (Å²) in [7, 11) is 0. The molecule has 0 aromatic carbocycles. The smallest absolute Gasteiger partial charge is 0.126 e. The highest BCUT2D eigenvalue weighted by Gasteiger charge is 2.31. The Balaban J connectivity index is 2.13. The summed E-state index contributed by atoms with van der Waals surface area (Å²) >= 11 is 0. The number of anilines is 2. The summed E-state index contributed by atoms with van der Waals surface area (Å²) in [6.45, 7) is 4.25. The zero-order valence-electron chi connectivity index (χ0n) is 8.80. The molecule has 0 saturated heterocycles. The molecule has 0 bridgehead atoms. The summed E-state index contributed by atoms with van der Waals surface area (Å²) in [6, 6.07) is 2.01. The number of aryl methyl sites for hydroxylation is 1. The first kappa shape index (κ1) is 9.31. The minimum absolute atomic E-state index is 0.259. The molecule has 1 saturated carbocycles. The SMILES string of the molecule is Cc1cc(NC2(C)CCC2)ncc1N. The molecule has 0 atom stereocenters. The lowest BCUT2D eigenvalue weighted by molar-refractivity contribution is 0.306. The van der Waals surface area contributed by atoms with Crippen LogP contribution in [0, 0.1) is 6.92 Å². The Morgan fingerprint density at radius 3 is 2.71 bits per heavy atom. The van der Waals surface area contributed by atoms with E-state index in [1.165, 1.54) is 19.3 Å². The van der Waals surface area contributed by atoms with Gasteiger partial charge in [0.05, 0.1) is 11.9 Å². The molecule has 14 heavy (non-hydrogen) atoms. The fourth-order valence-corrected chi connectivity index (χ4v) is 1.78. The van der Waals surface area contributed by atoms with E-state index in [1.54, 1.807) is 6.20 Å². The van der Waals surface area contributed by atoms with Gasteiger partial charge in [0.2, 0.25) is 0 Å². The van der Waals surface area contributed by atoms with E-state index in [0.717, 1.165) is 17.1 Å². The Labute approximate surface area is 84.7 Å². The maximum Gasteiger partial charge on any atom is 0.126 e. The Kier molecular flexibility index (Phi) is 2.10. The highest BCUT2D eigenvalue weighted by atomic mass is 15.1. The van der Waals surface area contributed by atoms with Crippen LogP contribution in [0.1, 0.15) is 31.7 Å². The van der Waals surface area contributed by atoms with E-state index in [-0.39, 0.29) is 5.54 Å². The largest absolute Gasteiger partial charge is 0.397 e. The monoisotopic (exact) mass is 191 g/mol.